The zero-order valence-electron chi connectivity index (χ0n) is 12.1. The molecule has 1 aromatic carbocycles. The molecular formula is C14H11F2N5O2S. The third kappa shape index (κ3) is 4.10. The monoisotopic (exact) mass is 351 g/mol. The van der Waals surface area contributed by atoms with Crippen molar-refractivity contribution in [2.24, 2.45) is 0 Å². The summed E-state index contributed by atoms with van der Waals surface area (Å²) in [5.74, 6) is 0.0977. The zero-order valence-corrected chi connectivity index (χ0v) is 12.9. The number of rotatable bonds is 6. The molecule has 24 heavy (non-hydrogen) atoms. The molecule has 0 bridgehead atoms. The highest BCUT2D eigenvalue weighted by Gasteiger charge is 2.10. The molecule has 7 nitrogen and oxygen atoms in total. The van der Waals surface area contributed by atoms with Gasteiger partial charge in [-0.25, -0.2) is 0 Å². The molecule has 0 aliphatic rings. The smallest absolute Gasteiger partial charge is 0.387 e. The minimum absolute atomic E-state index is 0.0153. The van der Waals surface area contributed by atoms with Gasteiger partial charge in [-0.15, -0.1) is 21.5 Å². The summed E-state index contributed by atoms with van der Waals surface area (Å²) in [6, 6.07) is 9.32. The highest BCUT2D eigenvalue weighted by Crippen LogP contribution is 2.20. The fourth-order valence-corrected chi connectivity index (χ4v) is 2.51. The van der Waals surface area contributed by atoms with Crippen LogP contribution in [0.2, 0.25) is 0 Å². The fraction of sp³-hybridized carbons (Fsp3) is 0.143. The molecule has 0 unspecified atom stereocenters. The zero-order chi connectivity index (χ0) is 16.9. The Morgan fingerprint density at radius 2 is 2.08 bits per heavy atom. The Hall–Kier alpha value is -2.88. The lowest BCUT2D eigenvalue weighted by atomic mass is 10.3. The standard InChI is InChI=1S/C14H11F2N5O2S/c15-14(16)23-10-5-3-9(4-6-10)17-12(22)8-21-19-13(18-20-21)11-2-1-7-24-11/h1-7,14H,8H2,(H,17,22). The Labute approximate surface area is 138 Å². The summed E-state index contributed by atoms with van der Waals surface area (Å²) in [4.78, 5) is 14.0. The number of ether oxygens (including phenoxy) is 1. The SMILES string of the molecule is O=C(Cn1nnc(-c2cccs2)n1)Nc1ccc(OC(F)F)cc1. The van der Waals surface area contributed by atoms with E-state index in [2.05, 4.69) is 25.5 Å². The van der Waals surface area contributed by atoms with Crippen molar-refractivity contribution >= 4 is 22.9 Å². The predicted molar refractivity (Wildman–Crippen MR) is 82.8 cm³/mol. The van der Waals surface area contributed by atoms with Crippen LogP contribution >= 0.6 is 11.3 Å². The van der Waals surface area contributed by atoms with Gasteiger partial charge in [0.05, 0.1) is 4.88 Å². The average Bonchev–Trinajstić information content (AvgIpc) is 3.19. The second-order valence-corrected chi connectivity index (χ2v) is 5.52. The van der Waals surface area contributed by atoms with Crippen LogP contribution in [0.3, 0.4) is 0 Å². The normalized spacial score (nSPS) is 10.8. The number of hydrogen-bond donors (Lipinski definition) is 1. The number of anilines is 1. The molecule has 1 N–H and O–H groups in total. The molecule has 0 aliphatic carbocycles. The average molecular weight is 351 g/mol. The van der Waals surface area contributed by atoms with Gasteiger partial charge in [0.15, 0.2) is 0 Å². The van der Waals surface area contributed by atoms with Gasteiger partial charge >= 0.3 is 6.61 Å². The van der Waals surface area contributed by atoms with E-state index < -0.39 is 6.61 Å². The van der Waals surface area contributed by atoms with Gasteiger partial charge in [0.2, 0.25) is 11.7 Å². The lowest BCUT2D eigenvalue weighted by molar-refractivity contribution is -0.117. The molecule has 0 radical (unpaired) electrons. The van der Waals surface area contributed by atoms with Gasteiger partial charge in [0.25, 0.3) is 0 Å². The summed E-state index contributed by atoms with van der Waals surface area (Å²) in [7, 11) is 0. The van der Waals surface area contributed by atoms with Crippen LogP contribution in [0.4, 0.5) is 14.5 Å². The van der Waals surface area contributed by atoms with E-state index in [0.717, 1.165) is 4.88 Å². The molecule has 1 amide bonds. The maximum Gasteiger partial charge on any atom is 0.387 e. The molecule has 3 rings (SSSR count). The van der Waals surface area contributed by atoms with Crippen LogP contribution in [-0.4, -0.2) is 32.7 Å². The van der Waals surface area contributed by atoms with Crippen LogP contribution < -0.4 is 10.1 Å². The van der Waals surface area contributed by atoms with E-state index in [-0.39, 0.29) is 18.2 Å². The summed E-state index contributed by atoms with van der Waals surface area (Å²) < 4.78 is 28.4. The summed E-state index contributed by atoms with van der Waals surface area (Å²) >= 11 is 1.47. The minimum Gasteiger partial charge on any atom is -0.435 e. The van der Waals surface area contributed by atoms with E-state index in [1.165, 1.54) is 40.4 Å². The van der Waals surface area contributed by atoms with Gasteiger partial charge in [0.1, 0.15) is 12.3 Å². The molecule has 0 spiro atoms. The third-order valence-electron chi connectivity index (χ3n) is 2.84. The van der Waals surface area contributed by atoms with Crippen LogP contribution in [0, 0.1) is 0 Å². The van der Waals surface area contributed by atoms with Gasteiger partial charge < -0.3 is 10.1 Å². The summed E-state index contributed by atoms with van der Waals surface area (Å²) in [6.45, 7) is -3.01. The van der Waals surface area contributed by atoms with Gasteiger partial charge in [-0.1, -0.05) is 6.07 Å². The summed E-state index contributed by atoms with van der Waals surface area (Å²) in [5, 5.41) is 16.3. The number of halogens is 2. The molecule has 3 aromatic rings. The number of benzene rings is 1. The molecule has 0 saturated carbocycles. The number of alkyl halides is 2. The van der Waals surface area contributed by atoms with Gasteiger partial charge in [-0.3, -0.25) is 4.79 Å². The number of tetrazole rings is 1. The minimum atomic E-state index is -2.89. The topological polar surface area (TPSA) is 81.9 Å². The van der Waals surface area contributed by atoms with Crippen LogP contribution in [0.1, 0.15) is 0 Å². The van der Waals surface area contributed by atoms with Crippen molar-refractivity contribution in [1.29, 1.82) is 0 Å². The first-order chi connectivity index (χ1) is 11.6. The first-order valence-corrected chi connectivity index (χ1v) is 7.64. The molecule has 0 atom stereocenters. The fourth-order valence-electron chi connectivity index (χ4n) is 1.86. The van der Waals surface area contributed by atoms with Crippen molar-refractivity contribution in [2.45, 2.75) is 13.2 Å². The molecule has 2 heterocycles. The van der Waals surface area contributed by atoms with Crippen molar-refractivity contribution < 1.29 is 18.3 Å². The number of carbonyl (C=O) groups is 1. The highest BCUT2D eigenvalue weighted by molar-refractivity contribution is 7.13. The molecule has 0 fully saturated rings. The van der Waals surface area contributed by atoms with Crippen molar-refractivity contribution in [2.75, 3.05) is 5.32 Å². The van der Waals surface area contributed by atoms with Crippen LogP contribution in [0.25, 0.3) is 10.7 Å². The number of thiophene rings is 1. The largest absolute Gasteiger partial charge is 0.435 e. The maximum atomic E-state index is 12.1. The van der Waals surface area contributed by atoms with E-state index in [9.17, 15) is 13.6 Å². The van der Waals surface area contributed by atoms with Crippen LogP contribution in [-0.2, 0) is 11.3 Å². The van der Waals surface area contributed by atoms with E-state index in [4.69, 9.17) is 0 Å². The highest BCUT2D eigenvalue weighted by atomic mass is 32.1. The summed E-state index contributed by atoms with van der Waals surface area (Å²) in [6.07, 6.45) is 0. The molecule has 124 valence electrons. The van der Waals surface area contributed by atoms with E-state index in [1.54, 1.807) is 0 Å². The second-order valence-electron chi connectivity index (χ2n) is 4.57. The quantitative estimate of drug-likeness (QED) is 0.738. The number of carbonyl (C=O) groups excluding carboxylic acids is 1. The molecule has 0 saturated heterocycles. The Balaban J connectivity index is 1.57. The van der Waals surface area contributed by atoms with Crippen molar-refractivity contribution in [1.82, 2.24) is 20.2 Å². The lowest BCUT2D eigenvalue weighted by Gasteiger charge is -2.07. The van der Waals surface area contributed by atoms with Crippen LogP contribution in [0.5, 0.6) is 5.75 Å². The van der Waals surface area contributed by atoms with Gasteiger partial charge in [-0.2, -0.15) is 13.6 Å². The number of amides is 1. The number of aromatic nitrogens is 4. The maximum absolute atomic E-state index is 12.1. The Bertz CT molecular complexity index is 805. The second kappa shape index (κ2) is 7.13. The van der Waals surface area contributed by atoms with Crippen molar-refractivity contribution in [3.63, 3.8) is 0 Å². The lowest BCUT2D eigenvalue weighted by Crippen LogP contribution is -2.20. The van der Waals surface area contributed by atoms with E-state index in [1.807, 2.05) is 17.5 Å². The van der Waals surface area contributed by atoms with Gasteiger partial charge in [0, 0.05) is 5.69 Å². The predicted octanol–water partition coefficient (Wildman–Crippen LogP) is 2.64. The number of nitrogens with one attached hydrogen (secondary N) is 1. The molecule has 2 aromatic heterocycles. The molecular weight excluding hydrogens is 340 g/mol. The van der Waals surface area contributed by atoms with Gasteiger partial charge in [-0.05, 0) is 40.9 Å². The first kappa shape index (κ1) is 16.0. The van der Waals surface area contributed by atoms with E-state index in [0.29, 0.717) is 11.5 Å². The third-order valence-corrected chi connectivity index (χ3v) is 3.71. The first-order valence-electron chi connectivity index (χ1n) is 6.76. The number of hydrogen-bond acceptors (Lipinski definition) is 6. The number of nitrogens with zero attached hydrogens (tertiary/aromatic N) is 4. The van der Waals surface area contributed by atoms with Crippen molar-refractivity contribution in [3.05, 3.63) is 41.8 Å². The Morgan fingerprint density at radius 3 is 2.75 bits per heavy atom. The molecule has 10 heteroatoms. The van der Waals surface area contributed by atoms with Crippen molar-refractivity contribution in [3.8, 4) is 16.5 Å². The Morgan fingerprint density at radius 1 is 1.29 bits per heavy atom. The van der Waals surface area contributed by atoms with Crippen LogP contribution in [0.15, 0.2) is 41.8 Å². The Kier molecular flexibility index (Phi) is 4.75. The molecule has 0 aliphatic heterocycles. The summed E-state index contributed by atoms with van der Waals surface area (Å²) in [5.41, 5.74) is 0.445. The van der Waals surface area contributed by atoms with E-state index >= 15 is 0 Å².